The first-order chi connectivity index (χ1) is 7.21. The van der Waals surface area contributed by atoms with Crippen LogP contribution in [-0.2, 0) is 5.41 Å². The lowest BCUT2D eigenvalue weighted by atomic mass is 9.84. The summed E-state index contributed by atoms with van der Waals surface area (Å²) in [6.07, 6.45) is 5.64. The zero-order valence-corrected chi connectivity index (χ0v) is 8.86. The average molecular weight is 196 g/mol. The first-order valence-electron chi connectivity index (χ1n) is 5.11. The lowest BCUT2D eigenvalue weighted by Gasteiger charge is -2.19. The summed E-state index contributed by atoms with van der Waals surface area (Å²) < 4.78 is 0. The molecular weight excluding hydrogens is 184 g/mol. The molecular formula is C13H12N2. The Morgan fingerprint density at radius 3 is 2.80 bits per heavy atom. The highest BCUT2D eigenvalue weighted by Crippen LogP contribution is 2.46. The van der Waals surface area contributed by atoms with E-state index in [4.69, 9.17) is 0 Å². The third-order valence-electron chi connectivity index (χ3n) is 3.23. The van der Waals surface area contributed by atoms with Gasteiger partial charge >= 0.3 is 0 Å². The molecule has 0 saturated carbocycles. The molecule has 0 aromatic carbocycles. The summed E-state index contributed by atoms with van der Waals surface area (Å²) in [7, 11) is 0. The van der Waals surface area contributed by atoms with E-state index in [1.165, 1.54) is 16.7 Å². The van der Waals surface area contributed by atoms with Crippen molar-refractivity contribution in [2.75, 3.05) is 0 Å². The minimum absolute atomic E-state index is 0.0349. The monoisotopic (exact) mass is 196 g/mol. The third-order valence-corrected chi connectivity index (χ3v) is 3.23. The predicted octanol–water partition coefficient (Wildman–Crippen LogP) is 2.78. The second-order valence-electron chi connectivity index (χ2n) is 4.45. The summed E-state index contributed by atoms with van der Waals surface area (Å²) in [5.74, 6) is 0. The van der Waals surface area contributed by atoms with Crippen LogP contribution in [0.25, 0.3) is 11.3 Å². The maximum absolute atomic E-state index is 4.47. The number of hydrogen-bond donors (Lipinski definition) is 0. The van der Waals surface area contributed by atoms with E-state index in [2.05, 4.69) is 35.9 Å². The third kappa shape index (κ3) is 0.990. The molecule has 1 aliphatic carbocycles. The lowest BCUT2D eigenvalue weighted by Crippen LogP contribution is -2.15. The van der Waals surface area contributed by atoms with Crippen LogP contribution in [0.1, 0.15) is 25.0 Å². The van der Waals surface area contributed by atoms with Gasteiger partial charge in [-0.25, -0.2) is 0 Å². The number of hydrogen-bond acceptors (Lipinski definition) is 2. The van der Waals surface area contributed by atoms with E-state index in [1.54, 1.807) is 0 Å². The number of pyridine rings is 2. The summed E-state index contributed by atoms with van der Waals surface area (Å²) in [5, 5.41) is 0. The molecule has 0 spiro atoms. The molecule has 0 atom stereocenters. The molecule has 0 radical (unpaired) electrons. The highest BCUT2D eigenvalue weighted by molar-refractivity contribution is 5.76. The van der Waals surface area contributed by atoms with Gasteiger partial charge in [0.05, 0.1) is 5.69 Å². The molecule has 0 N–H and O–H groups in total. The van der Waals surface area contributed by atoms with Crippen LogP contribution in [0.15, 0.2) is 36.8 Å². The van der Waals surface area contributed by atoms with Gasteiger partial charge in [-0.2, -0.15) is 0 Å². The summed E-state index contributed by atoms with van der Waals surface area (Å²) in [5.41, 5.74) is 4.95. The smallest absolute Gasteiger partial charge is 0.0746 e. The SMILES string of the molecule is CC1(C)c2cnccc2-c2ncccc21. The molecule has 0 aliphatic heterocycles. The molecule has 15 heavy (non-hydrogen) atoms. The molecule has 3 rings (SSSR count). The van der Waals surface area contributed by atoms with Crippen LogP contribution in [0.4, 0.5) is 0 Å². The second kappa shape index (κ2) is 2.66. The van der Waals surface area contributed by atoms with Crippen molar-refractivity contribution in [1.82, 2.24) is 9.97 Å². The second-order valence-corrected chi connectivity index (χ2v) is 4.45. The Hall–Kier alpha value is -1.70. The van der Waals surface area contributed by atoms with Gasteiger partial charge in [-0.3, -0.25) is 9.97 Å². The van der Waals surface area contributed by atoms with Crippen molar-refractivity contribution in [3.8, 4) is 11.3 Å². The largest absolute Gasteiger partial charge is 0.264 e. The highest BCUT2D eigenvalue weighted by atomic mass is 14.7. The number of nitrogens with zero attached hydrogens (tertiary/aromatic N) is 2. The Kier molecular flexibility index (Phi) is 1.52. The van der Waals surface area contributed by atoms with Gasteiger partial charge in [0.2, 0.25) is 0 Å². The minimum Gasteiger partial charge on any atom is -0.264 e. The van der Waals surface area contributed by atoms with Gasteiger partial charge < -0.3 is 0 Å². The van der Waals surface area contributed by atoms with Crippen LogP contribution < -0.4 is 0 Å². The fourth-order valence-electron chi connectivity index (χ4n) is 2.37. The van der Waals surface area contributed by atoms with Crippen LogP contribution in [-0.4, -0.2) is 9.97 Å². The molecule has 0 saturated heterocycles. The Balaban J connectivity index is 2.42. The maximum Gasteiger partial charge on any atom is 0.0746 e. The molecule has 0 bridgehead atoms. The number of aromatic nitrogens is 2. The molecule has 74 valence electrons. The molecule has 2 heterocycles. The van der Waals surface area contributed by atoms with Crippen LogP contribution in [0, 0.1) is 0 Å². The van der Waals surface area contributed by atoms with E-state index in [9.17, 15) is 0 Å². The van der Waals surface area contributed by atoms with Crippen molar-refractivity contribution < 1.29 is 0 Å². The van der Waals surface area contributed by atoms with Gasteiger partial charge in [0.15, 0.2) is 0 Å². The van der Waals surface area contributed by atoms with E-state index in [0.29, 0.717) is 0 Å². The zero-order valence-electron chi connectivity index (χ0n) is 8.86. The van der Waals surface area contributed by atoms with Gasteiger partial charge in [0, 0.05) is 29.6 Å². The van der Waals surface area contributed by atoms with Crippen molar-refractivity contribution in [2.24, 2.45) is 0 Å². The Morgan fingerprint density at radius 1 is 1.07 bits per heavy atom. The van der Waals surface area contributed by atoms with E-state index < -0.39 is 0 Å². The van der Waals surface area contributed by atoms with Crippen molar-refractivity contribution in [2.45, 2.75) is 19.3 Å². The van der Waals surface area contributed by atoms with E-state index in [-0.39, 0.29) is 5.41 Å². The van der Waals surface area contributed by atoms with E-state index >= 15 is 0 Å². The minimum atomic E-state index is 0.0349. The van der Waals surface area contributed by atoms with E-state index in [1.807, 2.05) is 24.7 Å². The summed E-state index contributed by atoms with van der Waals surface area (Å²) in [6.45, 7) is 4.45. The summed E-state index contributed by atoms with van der Waals surface area (Å²) in [4.78, 5) is 8.68. The molecule has 1 aliphatic rings. The highest BCUT2D eigenvalue weighted by Gasteiger charge is 2.35. The van der Waals surface area contributed by atoms with Gasteiger partial charge in [0.25, 0.3) is 0 Å². The standard InChI is InChI=1S/C13H12N2/c1-13(2)10-4-3-6-15-12(10)9-5-7-14-8-11(9)13/h3-8H,1-2H3. The Labute approximate surface area is 89.0 Å². The fraction of sp³-hybridized carbons (Fsp3) is 0.231. The van der Waals surface area contributed by atoms with Crippen LogP contribution in [0.5, 0.6) is 0 Å². The Bertz CT molecular complexity index is 482. The Morgan fingerprint density at radius 2 is 1.93 bits per heavy atom. The number of rotatable bonds is 0. The molecule has 0 fully saturated rings. The summed E-state index contributed by atoms with van der Waals surface area (Å²) >= 11 is 0. The van der Waals surface area contributed by atoms with Gasteiger partial charge in [-0.15, -0.1) is 0 Å². The molecule has 0 unspecified atom stereocenters. The van der Waals surface area contributed by atoms with Crippen molar-refractivity contribution in [3.63, 3.8) is 0 Å². The zero-order chi connectivity index (χ0) is 10.5. The molecule has 2 nitrogen and oxygen atoms in total. The molecule has 2 heteroatoms. The lowest BCUT2D eigenvalue weighted by molar-refractivity contribution is 0.656. The van der Waals surface area contributed by atoms with Crippen LogP contribution >= 0.6 is 0 Å². The topological polar surface area (TPSA) is 25.8 Å². The quantitative estimate of drug-likeness (QED) is 0.647. The summed E-state index contributed by atoms with van der Waals surface area (Å²) in [6, 6.07) is 6.21. The molecule has 2 aromatic heterocycles. The average Bonchev–Trinajstić information content (AvgIpc) is 2.51. The molecule has 2 aromatic rings. The van der Waals surface area contributed by atoms with Gasteiger partial charge in [-0.05, 0) is 23.3 Å². The first kappa shape index (κ1) is 8.60. The fourth-order valence-corrected chi connectivity index (χ4v) is 2.37. The van der Waals surface area contributed by atoms with Crippen molar-refractivity contribution >= 4 is 0 Å². The van der Waals surface area contributed by atoms with Crippen molar-refractivity contribution in [1.29, 1.82) is 0 Å². The van der Waals surface area contributed by atoms with Crippen LogP contribution in [0.3, 0.4) is 0 Å². The first-order valence-corrected chi connectivity index (χ1v) is 5.11. The van der Waals surface area contributed by atoms with Gasteiger partial charge in [-0.1, -0.05) is 19.9 Å². The normalized spacial score (nSPS) is 15.9. The number of fused-ring (bicyclic) bond motifs is 3. The van der Waals surface area contributed by atoms with Crippen molar-refractivity contribution in [3.05, 3.63) is 47.9 Å². The predicted molar refractivity (Wildman–Crippen MR) is 59.6 cm³/mol. The van der Waals surface area contributed by atoms with Crippen LogP contribution in [0.2, 0.25) is 0 Å². The molecule has 0 amide bonds. The maximum atomic E-state index is 4.47. The van der Waals surface area contributed by atoms with E-state index in [0.717, 1.165) is 5.69 Å². The van der Waals surface area contributed by atoms with Gasteiger partial charge in [0.1, 0.15) is 0 Å².